The molecular weight excluding hydrogens is 516 g/mol. The van der Waals surface area contributed by atoms with Crippen LogP contribution in [0, 0.1) is 0 Å². The molecule has 1 aromatic heterocycles. The molecule has 208 valence electrons. The molecule has 0 radical (unpaired) electrons. The molecule has 38 heavy (non-hydrogen) atoms. The number of aliphatic hydroxyl groups excluding tert-OH is 1. The standard InChI is InChI=1S/C24H34N6O7S/c1-38-9-8-18(24(36)37)29-22(34)17(6-7-20(26)32)28-23(35)19(30-21(33)15(25)12-31)10-13-11-27-16-5-3-2-4-14(13)16/h2-5,11,15,17-19,27,31H,6-10,12,25H2,1H3,(H2,26,32)(H,28,35)(H,29,34)(H,30,33)(H,36,37). The van der Waals surface area contributed by atoms with Gasteiger partial charge in [-0.1, -0.05) is 18.2 Å². The molecule has 1 aromatic carbocycles. The number of fused-ring (bicyclic) bond motifs is 1. The van der Waals surface area contributed by atoms with Crippen molar-refractivity contribution in [3.05, 3.63) is 36.0 Å². The van der Waals surface area contributed by atoms with Crippen LogP contribution in [-0.4, -0.2) is 87.6 Å². The average molecular weight is 551 g/mol. The number of carboxylic acids is 1. The van der Waals surface area contributed by atoms with Crippen LogP contribution in [0.1, 0.15) is 24.8 Å². The van der Waals surface area contributed by atoms with E-state index in [-0.39, 0.29) is 25.7 Å². The number of aliphatic carboxylic acids is 1. The molecule has 0 aliphatic carbocycles. The number of carboxylic acid groups (broad SMARTS) is 1. The van der Waals surface area contributed by atoms with Gasteiger partial charge < -0.3 is 42.6 Å². The fourth-order valence-electron chi connectivity index (χ4n) is 3.68. The number of rotatable bonds is 16. The van der Waals surface area contributed by atoms with Crippen molar-refractivity contribution in [1.82, 2.24) is 20.9 Å². The second-order valence-corrected chi connectivity index (χ2v) is 9.65. The summed E-state index contributed by atoms with van der Waals surface area (Å²) in [7, 11) is 0. The molecule has 2 rings (SSSR count). The summed E-state index contributed by atoms with van der Waals surface area (Å²) >= 11 is 1.41. The van der Waals surface area contributed by atoms with Crippen LogP contribution in [0.25, 0.3) is 10.9 Å². The molecule has 4 atom stereocenters. The highest BCUT2D eigenvalue weighted by Crippen LogP contribution is 2.19. The number of carbonyl (C=O) groups excluding carboxylic acids is 4. The van der Waals surface area contributed by atoms with Crippen LogP contribution >= 0.6 is 11.8 Å². The van der Waals surface area contributed by atoms with E-state index in [4.69, 9.17) is 11.5 Å². The highest BCUT2D eigenvalue weighted by atomic mass is 32.2. The van der Waals surface area contributed by atoms with Crippen molar-refractivity contribution in [1.29, 1.82) is 0 Å². The summed E-state index contributed by atoms with van der Waals surface area (Å²) in [6.45, 7) is -0.649. The molecule has 0 saturated heterocycles. The Bertz CT molecular complexity index is 1140. The van der Waals surface area contributed by atoms with E-state index < -0.39 is 60.4 Å². The molecule has 14 heteroatoms. The summed E-state index contributed by atoms with van der Waals surface area (Å²) in [5, 5.41) is 26.9. The number of aromatic amines is 1. The van der Waals surface area contributed by atoms with Gasteiger partial charge in [0, 0.05) is 29.9 Å². The SMILES string of the molecule is CSCCC(NC(=O)C(CCC(N)=O)NC(=O)C(Cc1c[nH]c2ccccc12)NC(=O)C(N)CO)C(=O)O. The van der Waals surface area contributed by atoms with Crippen LogP contribution in [0.4, 0.5) is 0 Å². The Labute approximate surface area is 223 Å². The summed E-state index contributed by atoms with van der Waals surface area (Å²) in [6, 6.07) is 2.32. The number of H-pyrrole nitrogens is 1. The third-order valence-electron chi connectivity index (χ3n) is 5.80. The number of benzene rings is 1. The van der Waals surface area contributed by atoms with Gasteiger partial charge in [0.1, 0.15) is 24.2 Å². The molecule has 0 spiro atoms. The number of para-hydroxylation sites is 1. The highest BCUT2D eigenvalue weighted by molar-refractivity contribution is 7.98. The highest BCUT2D eigenvalue weighted by Gasteiger charge is 2.31. The lowest BCUT2D eigenvalue weighted by molar-refractivity contribution is -0.142. The van der Waals surface area contributed by atoms with E-state index >= 15 is 0 Å². The van der Waals surface area contributed by atoms with Crippen molar-refractivity contribution in [2.75, 3.05) is 18.6 Å². The molecule has 0 aliphatic rings. The van der Waals surface area contributed by atoms with Gasteiger partial charge in [-0.05, 0) is 36.5 Å². The molecule has 4 amide bonds. The Hall–Kier alpha value is -3.62. The van der Waals surface area contributed by atoms with Crippen LogP contribution in [-0.2, 0) is 30.4 Å². The topological polar surface area (TPSA) is 230 Å². The van der Waals surface area contributed by atoms with Crippen LogP contribution in [0.3, 0.4) is 0 Å². The minimum Gasteiger partial charge on any atom is -0.480 e. The summed E-state index contributed by atoms with van der Waals surface area (Å²) < 4.78 is 0. The van der Waals surface area contributed by atoms with Crippen LogP contribution in [0.5, 0.6) is 0 Å². The number of aromatic nitrogens is 1. The Morgan fingerprint density at radius 2 is 1.61 bits per heavy atom. The fourth-order valence-corrected chi connectivity index (χ4v) is 4.16. The lowest BCUT2D eigenvalue weighted by Gasteiger charge is -2.25. The quantitative estimate of drug-likeness (QED) is 0.122. The van der Waals surface area contributed by atoms with Crippen molar-refractivity contribution in [2.24, 2.45) is 11.5 Å². The van der Waals surface area contributed by atoms with Crippen LogP contribution in [0.15, 0.2) is 30.5 Å². The van der Waals surface area contributed by atoms with Gasteiger partial charge in [-0.2, -0.15) is 11.8 Å². The lowest BCUT2D eigenvalue weighted by atomic mass is 10.0. The van der Waals surface area contributed by atoms with Crippen molar-refractivity contribution in [3.8, 4) is 0 Å². The Kier molecular flexibility index (Phi) is 12.0. The van der Waals surface area contributed by atoms with E-state index in [1.165, 1.54) is 11.8 Å². The van der Waals surface area contributed by atoms with E-state index in [1.807, 2.05) is 24.3 Å². The number of nitrogens with two attached hydrogens (primary N) is 2. The van der Waals surface area contributed by atoms with Crippen molar-refractivity contribution in [3.63, 3.8) is 0 Å². The first-order valence-electron chi connectivity index (χ1n) is 11.9. The average Bonchev–Trinajstić information content (AvgIpc) is 3.30. The monoisotopic (exact) mass is 550 g/mol. The molecular formula is C24H34N6O7S. The minimum absolute atomic E-state index is 0.00929. The second kappa shape index (κ2) is 15.0. The van der Waals surface area contributed by atoms with Crippen molar-refractivity contribution < 1.29 is 34.2 Å². The Morgan fingerprint density at radius 1 is 0.974 bits per heavy atom. The maximum atomic E-state index is 13.3. The first-order chi connectivity index (χ1) is 18.1. The van der Waals surface area contributed by atoms with Gasteiger partial charge in [0.2, 0.25) is 23.6 Å². The molecule has 1 heterocycles. The van der Waals surface area contributed by atoms with E-state index in [0.29, 0.717) is 11.3 Å². The van der Waals surface area contributed by atoms with Crippen LogP contribution in [0.2, 0.25) is 0 Å². The molecule has 13 nitrogen and oxygen atoms in total. The largest absolute Gasteiger partial charge is 0.480 e. The summed E-state index contributed by atoms with van der Waals surface area (Å²) in [5.74, 6) is -3.85. The first kappa shape index (κ1) is 30.6. The molecule has 2 aromatic rings. The zero-order chi connectivity index (χ0) is 28.2. The molecule has 0 bridgehead atoms. The third-order valence-corrected chi connectivity index (χ3v) is 6.45. The number of hydrogen-bond acceptors (Lipinski definition) is 8. The third kappa shape index (κ3) is 9.04. The number of amides is 4. The molecule has 0 saturated carbocycles. The Morgan fingerprint density at radius 3 is 2.24 bits per heavy atom. The molecule has 0 aliphatic heterocycles. The smallest absolute Gasteiger partial charge is 0.326 e. The van der Waals surface area contributed by atoms with Crippen molar-refractivity contribution in [2.45, 2.75) is 49.9 Å². The zero-order valence-corrected chi connectivity index (χ0v) is 21.8. The fraction of sp³-hybridized carbons (Fsp3) is 0.458. The van der Waals surface area contributed by atoms with Gasteiger partial charge in [-0.25, -0.2) is 4.79 Å². The number of primary amides is 1. The van der Waals surface area contributed by atoms with Crippen molar-refractivity contribution >= 4 is 52.3 Å². The molecule has 10 N–H and O–H groups in total. The van der Waals surface area contributed by atoms with Gasteiger partial charge in [0.15, 0.2) is 0 Å². The summed E-state index contributed by atoms with van der Waals surface area (Å²) in [4.78, 5) is 64.8. The number of thioether (sulfide) groups is 1. The number of hydrogen-bond donors (Lipinski definition) is 8. The predicted molar refractivity (Wildman–Crippen MR) is 142 cm³/mol. The first-order valence-corrected chi connectivity index (χ1v) is 13.3. The minimum atomic E-state index is -1.31. The number of aliphatic hydroxyl groups is 1. The van der Waals surface area contributed by atoms with Gasteiger partial charge >= 0.3 is 5.97 Å². The normalized spacial score (nSPS) is 14.2. The Balaban J connectivity index is 2.28. The van der Waals surface area contributed by atoms with E-state index in [0.717, 1.165) is 10.9 Å². The van der Waals surface area contributed by atoms with Crippen LogP contribution < -0.4 is 27.4 Å². The van der Waals surface area contributed by atoms with E-state index in [1.54, 1.807) is 12.5 Å². The number of nitrogens with one attached hydrogen (secondary N) is 4. The van der Waals surface area contributed by atoms with Gasteiger partial charge in [-0.3, -0.25) is 19.2 Å². The van der Waals surface area contributed by atoms with E-state index in [9.17, 15) is 34.2 Å². The zero-order valence-electron chi connectivity index (χ0n) is 20.9. The van der Waals surface area contributed by atoms with Gasteiger partial charge in [-0.15, -0.1) is 0 Å². The van der Waals surface area contributed by atoms with Gasteiger partial charge in [0.05, 0.1) is 6.61 Å². The maximum absolute atomic E-state index is 13.3. The summed E-state index contributed by atoms with van der Waals surface area (Å²) in [5.41, 5.74) is 12.3. The molecule has 0 fully saturated rings. The lowest BCUT2D eigenvalue weighted by Crippen LogP contribution is -2.58. The summed E-state index contributed by atoms with van der Waals surface area (Å²) in [6.07, 6.45) is 3.19. The molecule has 4 unspecified atom stereocenters. The second-order valence-electron chi connectivity index (χ2n) is 8.66. The number of carbonyl (C=O) groups is 5. The van der Waals surface area contributed by atoms with Gasteiger partial charge in [0.25, 0.3) is 0 Å². The maximum Gasteiger partial charge on any atom is 0.326 e. The predicted octanol–water partition coefficient (Wildman–Crippen LogP) is -1.41. The van der Waals surface area contributed by atoms with E-state index in [2.05, 4.69) is 20.9 Å².